The molecule has 0 aliphatic carbocycles. The predicted octanol–water partition coefficient (Wildman–Crippen LogP) is 5.00. The minimum Gasteiger partial charge on any atom is -0.299 e. The molecule has 0 unspecified atom stereocenters. The second kappa shape index (κ2) is 7.22. The summed E-state index contributed by atoms with van der Waals surface area (Å²) in [6, 6.07) is 6.36. The van der Waals surface area contributed by atoms with Crippen molar-refractivity contribution in [2.24, 2.45) is 4.99 Å². The van der Waals surface area contributed by atoms with E-state index in [0.717, 1.165) is 5.69 Å². The standard InChI is InChI=1S/C17H25NO/c1-6-14(19)10-11-18-17-15(12(2)3)8-7-9-16(17)13(4)5/h7-9,11-13H,6,10H2,1-5H3. The zero-order valence-corrected chi connectivity index (χ0v) is 12.7. The van der Waals surface area contributed by atoms with Gasteiger partial charge in [-0.1, -0.05) is 52.8 Å². The third-order valence-corrected chi connectivity index (χ3v) is 3.28. The number of ketones is 1. The molecule has 19 heavy (non-hydrogen) atoms. The highest BCUT2D eigenvalue weighted by Crippen LogP contribution is 2.34. The molecule has 2 heteroatoms. The zero-order chi connectivity index (χ0) is 14.4. The minimum absolute atomic E-state index is 0.233. The molecular weight excluding hydrogens is 234 g/mol. The summed E-state index contributed by atoms with van der Waals surface area (Å²) in [5.41, 5.74) is 3.56. The van der Waals surface area contributed by atoms with Crippen LogP contribution in [0.5, 0.6) is 0 Å². The van der Waals surface area contributed by atoms with E-state index in [4.69, 9.17) is 0 Å². The van der Waals surface area contributed by atoms with Crippen LogP contribution in [0.4, 0.5) is 5.69 Å². The number of benzene rings is 1. The number of hydrogen-bond donors (Lipinski definition) is 0. The van der Waals surface area contributed by atoms with Crippen molar-refractivity contribution in [1.29, 1.82) is 0 Å². The van der Waals surface area contributed by atoms with Gasteiger partial charge in [-0.2, -0.15) is 0 Å². The van der Waals surface area contributed by atoms with E-state index in [1.54, 1.807) is 6.21 Å². The van der Waals surface area contributed by atoms with Gasteiger partial charge in [0.05, 0.1) is 5.69 Å². The largest absolute Gasteiger partial charge is 0.299 e. The maximum absolute atomic E-state index is 11.3. The summed E-state index contributed by atoms with van der Waals surface area (Å²) in [6.45, 7) is 10.6. The molecule has 0 amide bonds. The SMILES string of the molecule is CCC(=O)CC=Nc1c(C(C)C)cccc1C(C)C. The van der Waals surface area contributed by atoms with Gasteiger partial charge in [-0.25, -0.2) is 0 Å². The number of hydrogen-bond acceptors (Lipinski definition) is 2. The highest BCUT2D eigenvalue weighted by atomic mass is 16.1. The van der Waals surface area contributed by atoms with Gasteiger partial charge >= 0.3 is 0 Å². The van der Waals surface area contributed by atoms with Crippen LogP contribution >= 0.6 is 0 Å². The fraction of sp³-hybridized carbons (Fsp3) is 0.529. The van der Waals surface area contributed by atoms with Crippen molar-refractivity contribution in [1.82, 2.24) is 0 Å². The van der Waals surface area contributed by atoms with Crippen molar-refractivity contribution in [3.63, 3.8) is 0 Å². The van der Waals surface area contributed by atoms with E-state index in [2.05, 4.69) is 50.9 Å². The Bertz CT molecular complexity index is 432. The van der Waals surface area contributed by atoms with Crippen LogP contribution in [0.2, 0.25) is 0 Å². The lowest BCUT2D eigenvalue weighted by molar-refractivity contribution is -0.117. The van der Waals surface area contributed by atoms with Gasteiger partial charge in [-0.05, 0) is 23.0 Å². The summed E-state index contributed by atoms with van der Waals surface area (Å²) < 4.78 is 0. The van der Waals surface area contributed by atoms with Crippen molar-refractivity contribution in [2.45, 2.75) is 59.3 Å². The minimum atomic E-state index is 0.233. The van der Waals surface area contributed by atoms with Crippen molar-refractivity contribution in [3.05, 3.63) is 29.3 Å². The Morgan fingerprint density at radius 3 is 2.11 bits per heavy atom. The van der Waals surface area contributed by atoms with Crippen LogP contribution < -0.4 is 0 Å². The molecule has 0 spiro atoms. The number of carbonyl (C=O) groups is 1. The summed E-state index contributed by atoms with van der Waals surface area (Å²) in [7, 11) is 0. The molecule has 0 radical (unpaired) electrons. The summed E-state index contributed by atoms with van der Waals surface area (Å²) in [4.78, 5) is 15.9. The van der Waals surface area contributed by atoms with Gasteiger partial charge in [0.1, 0.15) is 5.78 Å². The molecule has 104 valence electrons. The number of carbonyl (C=O) groups excluding carboxylic acids is 1. The number of nitrogens with zero attached hydrogens (tertiary/aromatic N) is 1. The van der Waals surface area contributed by atoms with E-state index in [1.807, 2.05) is 6.92 Å². The van der Waals surface area contributed by atoms with Crippen LogP contribution in [-0.2, 0) is 4.79 Å². The van der Waals surface area contributed by atoms with Crippen LogP contribution in [0, 0.1) is 0 Å². The summed E-state index contributed by atoms with van der Waals surface area (Å²) in [6.07, 6.45) is 2.77. The predicted molar refractivity (Wildman–Crippen MR) is 82.7 cm³/mol. The average molecular weight is 259 g/mol. The molecule has 0 aliphatic rings. The molecule has 0 saturated carbocycles. The Hall–Kier alpha value is -1.44. The number of rotatable bonds is 6. The molecule has 2 nitrogen and oxygen atoms in total. The Labute approximate surface area is 117 Å². The topological polar surface area (TPSA) is 29.4 Å². The third-order valence-electron chi connectivity index (χ3n) is 3.28. The lowest BCUT2D eigenvalue weighted by Crippen LogP contribution is -1.97. The fourth-order valence-electron chi connectivity index (χ4n) is 2.04. The van der Waals surface area contributed by atoms with Gasteiger partial charge in [0.2, 0.25) is 0 Å². The molecule has 0 bridgehead atoms. The number of para-hydroxylation sites is 1. The Morgan fingerprint density at radius 2 is 1.68 bits per heavy atom. The maximum Gasteiger partial charge on any atom is 0.137 e. The van der Waals surface area contributed by atoms with Crippen molar-refractivity contribution < 1.29 is 4.79 Å². The van der Waals surface area contributed by atoms with Gasteiger partial charge in [-0.15, -0.1) is 0 Å². The molecule has 0 aromatic heterocycles. The van der Waals surface area contributed by atoms with E-state index in [1.165, 1.54) is 11.1 Å². The lowest BCUT2D eigenvalue weighted by Gasteiger charge is -2.16. The van der Waals surface area contributed by atoms with Crippen LogP contribution in [0.15, 0.2) is 23.2 Å². The second-order valence-electron chi connectivity index (χ2n) is 5.50. The van der Waals surface area contributed by atoms with E-state index in [0.29, 0.717) is 24.7 Å². The fourth-order valence-corrected chi connectivity index (χ4v) is 2.04. The summed E-state index contributed by atoms with van der Waals surface area (Å²) in [5, 5.41) is 0. The smallest absolute Gasteiger partial charge is 0.137 e. The zero-order valence-electron chi connectivity index (χ0n) is 12.7. The van der Waals surface area contributed by atoms with Crippen LogP contribution in [0.1, 0.15) is 70.4 Å². The molecule has 1 aromatic rings. The first-order valence-electron chi connectivity index (χ1n) is 7.14. The molecular formula is C17H25NO. The van der Waals surface area contributed by atoms with Gasteiger partial charge in [0.25, 0.3) is 0 Å². The highest BCUT2D eigenvalue weighted by Gasteiger charge is 2.12. The third kappa shape index (κ3) is 4.30. The quantitative estimate of drug-likeness (QED) is 0.661. The van der Waals surface area contributed by atoms with Crippen LogP contribution in [-0.4, -0.2) is 12.0 Å². The monoisotopic (exact) mass is 259 g/mol. The lowest BCUT2D eigenvalue weighted by atomic mass is 9.93. The highest BCUT2D eigenvalue weighted by molar-refractivity contribution is 5.92. The van der Waals surface area contributed by atoms with Gasteiger partial charge in [-0.3, -0.25) is 9.79 Å². The van der Waals surface area contributed by atoms with E-state index >= 15 is 0 Å². The van der Waals surface area contributed by atoms with Crippen LogP contribution in [0.3, 0.4) is 0 Å². The van der Waals surface area contributed by atoms with E-state index < -0.39 is 0 Å². The van der Waals surface area contributed by atoms with Crippen LogP contribution in [0.25, 0.3) is 0 Å². The molecule has 1 rings (SSSR count). The maximum atomic E-state index is 11.3. The second-order valence-corrected chi connectivity index (χ2v) is 5.50. The van der Waals surface area contributed by atoms with E-state index in [-0.39, 0.29) is 5.78 Å². The molecule has 0 fully saturated rings. The summed E-state index contributed by atoms with van der Waals surface area (Å²) in [5.74, 6) is 1.11. The normalized spacial score (nSPS) is 11.7. The molecule has 1 aromatic carbocycles. The average Bonchev–Trinajstić information content (AvgIpc) is 2.37. The molecule has 0 heterocycles. The molecule has 0 saturated heterocycles. The molecule has 0 atom stereocenters. The Balaban J connectivity index is 3.11. The van der Waals surface area contributed by atoms with Crippen molar-refractivity contribution >= 4 is 17.7 Å². The van der Waals surface area contributed by atoms with Gasteiger partial charge in [0.15, 0.2) is 0 Å². The van der Waals surface area contributed by atoms with Gasteiger partial charge < -0.3 is 0 Å². The Morgan fingerprint density at radius 1 is 1.16 bits per heavy atom. The molecule has 0 N–H and O–H groups in total. The van der Waals surface area contributed by atoms with Gasteiger partial charge in [0, 0.05) is 19.1 Å². The van der Waals surface area contributed by atoms with E-state index in [9.17, 15) is 4.79 Å². The first kappa shape index (κ1) is 15.6. The molecule has 0 aliphatic heterocycles. The summed E-state index contributed by atoms with van der Waals surface area (Å²) >= 11 is 0. The Kier molecular flexibility index (Phi) is 5.94. The van der Waals surface area contributed by atoms with Crippen molar-refractivity contribution in [3.8, 4) is 0 Å². The first-order valence-corrected chi connectivity index (χ1v) is 7.14. The van der Waals surface area contributed by atoms with Crippen molar-refractivity contribution in [2.75, 3.05) is 0 Å². The number of aliphatic imine (C=N–C) groups is 1. The first-order chi connectivity index (χ1) is 8.97. The number of Topliss-reactive ketones (excluding diaryl/α,β-unsaturated/α-hetero) is 1.